The molecule has 0 N–H and O–H groups in total. The van der Waals surface area contributed by atoms with E-state index in [4.69, 9.17) is 4.74 Å². The number of amides is 1. The number of hydrogen-bond donors (Lipinski definition) is 0. The topological polar surface area (TPSA) is 63.7 Å². The molecule has 1 atom stereocenters. The van der Waals surface area contributed by atoms with Gasteiger partial charge >= 0.3 is 12.3 Å². The van der Waals surface area contributed by atoms with Crippen LogP contribution < -0.4 is 0 Å². The summed E-state index contributed by atoms with van der Waals surface area (Å²) < 4.78 is 69.7. The quantitative estimate of drug-likeness (QED) is 0.720. The Morgan fingerprint density at radius 3 is 2.25 bits per heavy atom. The van der Waals surface area contributed by atoms with Crippen molar-refractivity contribution in [3.8, 4) is 0 Å². The number of sulfone groups is 1. The lowest BCUT2D eigenvalue weighted by Gasteiger charge is -2.35. The maximum absolute atomic E-state index is 12.9. The molecule has 0 aliphatic carbocycles. The smallest absolute Gasteiger partial charge is 0.416 e. The Morgan fingerprint density at radius 2 is 1.75 bits per heavy atom. The van der Waals surface area contributed by atoms with Crippen LogP contribution in [0.15, 0.2) is 29.2 Å². The molecule has 9 heteroatoms. The van der Waals surface area contributed by atoms with Crippen molar-refractivity contribution in [2.24, 2.45) is 5.92 Å². The summed E-state index contributed by atoms with van der Waals surface area (Å²) in [7, 11) is -3.92. The molecule has 1 aliphatic heterocycles. The molecule has 1 aliphatic rings. The minimum absolute atomic E-state index is 0.252. The lowest BCUT2D eigenvalue weighted by molar-refractivity contribution is -0.137. The Morgan fingerprint density at radius 1 is 1.18 bits per heavy atom. The van der Waals surface area contributed by atoms with Gasteiger partial charge in [-0.2, -0.15) is 13.2 Å². The standard InChI is InChI=1S/C19H26F3NO4S/c1-13(14-8-10-23(11-9-14)17(24)27-18(2,3)4)28(25,26)16-7-5-6-15(12-16)19(20,21)22/h5-7,12-14H,8-11H2,1-4H3. The second kappa shape index (κ2) is 7.93. The fourth-order valence-electron chi connectivity index (χ4n) is 3.20. The third-order valence-electron chi connectivity index (χ3n) is 4.83. The summed E-state index contributed by atoms with van der Waals surface area (Å²) in [5.41, 5.74) is -1.60. The van der Waals surface area contributed by atoms with Gasteiger partial charge in [-0.3, -0.25) is 0 Å². The van der Waals surface area contributed by atoms with Crippen LogP contribution in [0.25, 0.3) is 0 Å². The third-order valence-corrected chi connectivity index (χ3v) is 7.11. The zero-order valence-electron chi connectivity index (χ0n) is 16.4. The number of ether oxygens (including phenoxy) is 1. The Labute approximate surface area is 163 Å². The Balaban J connectivity index is 2.08. The first kappa shape index (κ1) is 22.5. The molecule has 1 aromatic rings. The summed E-state index contributed by atoms with van der Waals surface area (Å²) in [4.78, 5) is 13.3. The van der Waals surface area contributed by atoms with Crippen molar-refractivity contribution in [3.05, 3.63) is 29.8 Å². The highest BCUT2D eigenvalue weighted by Crippen LogP contribution is 2.33. The van der Waals surface area contributed by atoms with Crippen LogP contribution in [0, 0.1) is 5.92 Å². The highest BCUT2D eigenvalue weighted by Gasteiger charge is 2.37. The number of benzene rings is 1. The summed E-state index contributed by atoms with van der Waals surface area (Å²) in [6, 6.07) is 3.83. The molecule has 1 saturated heterocycles. The van der Waals surface area contributed by atoms with E-state index >= 15 is 0 Å². The van der Waals surface area contributed by atoms with Crippen LogP contribution in [-0.4, -0.2) is 43.4 Å². The second-order valence-corrected chi connectivity index (χ2v) is 10.4. The predicted molar refractivity (Wildman–Crippen MR) is 98.6 cm³/mol. The van der Waals surface area contributed by atoms with Crippen LogP contribution in [0.3, 0.4) is 0 Å². The zero-order chi connectivity index (χ0) is 21.3. The molecule has 28 heavy (non-hydrogen) atoms. The van der Waals surface area contributed by atoms with E-state index in [2.05, 4.69) is 0 Å². The van der Waals surface area contributed by atoms with E-state index in [1.165, 1.54) is 17.9 Å². The molecule has 2 rings (SSSR count). The fourth-order valence-corrected chi connectivity index (χ4v) is 4.96. The number of rotatable bonds is 3. The molecule has 1 fully saturated rings. The molecule has 0 radical (unpaired) electrons. The van der Waals surface area contributed by atoms with E-state index in [9.17, 15) is 26.4 Å². The summed E-state index contributed by atoms with van der Waals surface area (Å²) in [5.74, 6) is -0.252. The van der Waals surface area contributed by atoms with Gasteiger partial charge < -0.3 is 9.64 Å². The number of nitrogens with zero attached hydrogens (tertiary/aromatic N) is 1. The molecule has 1 amide bonds. The molecule has 5 nitrogen and oxygen atoms in total. The number of likely N-dealkylation sites (tertiary alicyclic amines) is 1. The number of carbonyl (C=O) groups excluding carboxylic acids is 1. The van der Waals surface area contributed by atoms with E-state index in [-0.39, 0.29) is 10.8 Å². The first-order valence-electron chi connectivity index (χ1n) is 9.11. The van der Waals surface area contributed by atoms with E-state index in [0.717, 1.165) is 12.1 Å². The number of piperidine rings is 1. The molecule has 0 aromatic heterocycles. The molecule has 1 heterocycles. The van der Waals surface area contributed by atoms with Crippen LogP contribution in [0.2, 0.25) is 0 Å². The minimum atomic E-state index is -4.60. The van der Waals surface area contributed by atoms with Gasteiger partial charge in [0.15, 0.2) is 9.84 Å². The van der Waals surface area contributed by atoms with Gasteiger partial charge in [0.25, 0.3) is 0 Å². The Bertz CT molecular complexity index is 807. The average Bonchev–Trinajstić information content (AvgIpc) is 2.59. The van der Waals surface area contributed by atoms with E-state index < -0.39 is 38.5 Å². The summed E-state index contributed by atoms with van der Waals surface area (Å²) >= 11 is 0. The van der Waals surface area contributed by atoms with Gasteiger partial charge in [0.1, 0.15) is 5.60 Å². The average molecular weight is 421 g/mol. The van der Waals surface area contributed by atoms with Gasteiger partial charge in [-0.05, 0) is 64.7 Å². The number of carbonyl (C=O) groups is 1. The molecule has 0 bridgehead atoms. The fraction of sp³-hybridized carbons (Fsp3) is 0.632. The van der Waals surface area contributed by atoms with Crippen molar-refractivity contribution in [1.82, 2.24) is 4.90 Å². The molecule has 0 spiro atoms. The van der Waals surface area contributed by atoms with Crippen LogP contribution in [-0.2, 0) is 20.8 Å². The van der Waals surface area contributed by atoms with E-state index in [1.807, 2.05) is 0 Å². The summed E-state index contributed by atoms with van der Waals surface area (Å²) in [6.07, 6.45) is -4.16. The highest BCUT2D eigenvalue weighted by atomic mass is 32.2. The van der Waals surface area contributed by atoms with Gasteiger partial charge in [0.05, 0.1) is 15.7 Å². The van der Waals surface area contributed by atoms with Gasteiger partial charge in [0.2, 0.25) is 0 Å². The maximum Gasteiger partial charge on any atom is 0.416 e. The van der Waals surface area contributed by atoms with Crippen LogP contribution >= 0.6 is 0 Å². The van der Waals surface area contributed by atoms with E-state index in [0.29, 0.717) is 32.0 Å². The Hall–Kier alpha value is -1.77. The van der Waals surface area contributed by atoms with Crippen LogP contribution in [0.5, 0.6) is 0 Å². The summed E-state index contributed by atoms with van der Waals surface area (Å²) in [6.45, 7) is 7.51. The van der Waals surface area contributed by atoms with Crippen LogP contribution in [0.4, 0.5) is 18.0 Å². The SMILES string of the molecule is CC(C1CCN(C(=O)OC(C)(C)C)CC1)S(=O)(=O)c1cccc(C(F)(F)F)c1. The van der Waals surface area contributed by atoms with Crippen LogP contribution in [0.1, 0.15) is 46.1 Å². The van der Waals surface area contributed by atoms with Gasteiger partial charge in [-0.1, -0.05) is 6.07 Å². The lowest BCUT2D eigenvalue weighted by Crippen LogP contribution is -2.44. The van der Waals surface area contributed by atoms with Crippen molar-refractivity contribution in [2.45, 2.75) is 62.5 Å². The molecule has 1 aromatic carbocycles. The number of hydrogen-bond acceptors (Lipinski definition) is 4. The predicted octanol–water partition coefficient (Wildman–Crippen LogP) is 4.51. The molecular weight excluding hydrogens is 395 g/mol. The van der Waals surface area contributed by atoms with Crippen molar-refractivity contribution < 1.29 is 31.1 Å². The third kappa shape index (κ3) is 5.40. The van der Waals surface area contributed by atoms with Crippen molar-refractivity contribution >= 4 is 15.9 Å². The first-order valence-corrected chi connectivity index (χ1v) is 10.7. The van der Waals surface area contributed by atoms with Gasteiger partial charge in [0, 0.05) is 13.1 Å². The van der Waals surface area contributed by atoms with Gasteiger partial charge in [-0.15, -0.1) is 0 Å². The second-order valence-electron chi connectivity index (χ2n) is 8.08. The first-order chi connectivity index (χ1) is 12.7. The molecule has 0 saturated carbocycles. The number of halogens is 3. The lowest BCUT2D eigenvalue weighted by atomic mass is 9.94. The van der Waals surface area contributed by atoms with Crippen molar-refractivity contribution in [3.63, 3.8) is 0 Å². The van der Waals surface area contributed by atoms with Crippen molar-refractivity contribution in [2.75, 3.05) is 13.1 Å². The zero-order valence-corrected chi connectivity index (χ0v) is 17.2. The maximum atomic E-state index is 12.9. The van der Waals surface area contributed by atoms with Gasteiger partial charge in [-0.25, -0.2) is 13.2 Å². The largest absolute Gasteiger partial charge is 0.444 e. The molecular formula is C19H26F3NO4S. The highest BCUT2D eigenvalue weighted by molar-refractivity contribution is 7.92. The van der Waals surface area contributed by atoms with Crippen molar-refractivity contribution in [1.29, 1.82) is 0 Å². The normalized spacial score (nSPS) is 18.0. The Kier molecular flexibility index (Phi) is 6.37. The molecule has 158 valence electrons. The summed E-state index contributed by atoms with van der Waals surface area (Å²) in [5, 5.41) is -0.850. The van der Waals surface area contributed by atoms with E-state index in [1.54, 1.807) is 20.8 Å². The number of alkyl halides is 3. The molecule has 1 unspecified atom stereocenters. The minimum Gasteiger partial charge on any atom is -0.444 e. The monoisotopic (exact) mass is 421 g/mol.